The molecule has 0 saturated carbocycles. The van der Waals surface area contributed by atoms with E-state index in [2.05, 4.69) is 26.8 Å². The smallest absolute Gasteiger partial charge is 0.115 e. The van der Waals surface area contributed by atoms with Gasteiger partial charge in [-0.1, -0.05) is 39.0 Å². The molecular weight excluding hydrogens is 151 g/mol. The first-order valence-corrected chi connectivity index (χ1v) is 4.11. The molecule has 0 amide bonds. The highest BCUT2D eigenvalue weighted by Crippen LogP contribution is 2.25. The maximum Gasteiger partial charge on any atom is 0.115 e. The molecule has 0 bridgehead atoms. The van der Waals surface area contributed by atoms with Gasteiger partial charge in [0, 0.05) is 0 Å². The number of hydrogen-bond donors (Lipinski definition) is 0. The summed E-state index contributed by atoms with van der Waals surface area (Å²) < 4.78 is 12.5. The van der Waals surface area contributed by atoms with E-state index in [1.807, 2.05) is 18.2 Å². The predicted molar refractivity (Wildman–Crippen MR) is 48.8 cm³/mol. The van der Waals surface area contributed by atoms with Gasteiger partial charge in [0.25, 0.3) is 0 Å². The lowest BCUT2D eigenvalue weighted by Crippen LogP contribution is -2.13. The Bertz CT molecular complexity index is 258. The van der Waals surface area contributed by atoms with Crippen molar-refractivity contribution < 1.29 is 4.39 Å². The van der Waals surface area contributed by atoms with Gasteiger partial charge in [-0.2, -0.15) is 0 Å². The monoisotopic (exact) mass is 165 g/mol. The molecule has 65 valence electrons. The minimum atomic E-state index is -0.399. The van der Waals surface area contributed by atoms with Gasteiger partial charge in [-0.3, -0.25) is 0 Å². The highest BCUT2D eigenvalue weighted by atomic mass is 19.1. The molecule has 0 aliphatic heterocycles. The molecule has 0 N–H and O–H groups in total. The van der Waals surface area contributed by atoms with Gasteiger partial charge in [0.2, 0.25) is 0 Å². The van der Waals surface area contributed by atoms with Gasteiger partial charge in [-0.05, 0) is 22.6 Å². The molecule has 0 aliphatic rings. The molecule has 1 radical (unpaired) electrons. The van der Waals surface area contributed by atoms with Crippen molar-refractivity contribution in [2.75, 3.05) is 0 Å². The first-order valence-electron chi connectivity index (χ1n) is 4.11. The van der Waals surface area contributed by atoms with Crippen LogP contribution < -0.4 is 0 Å². The van der Waals surface area contributed by atoms with Gasteiger partial charge in [-0.15, -0.1) is 0 Å². The quantitative estimate of drug-likeness (QED) is 0.599. The van der Waals surface area contributed by atoms with E-state index in [-0.39, 0.29) is 5.41 Å². The number of halogens is 1. The van der Waals surface area contributed by atoms with Crippen molar-refractivity contribution in [3.63, 3.8) is 0 Å². The molecule has 0 spiro atoms. The molecule has 0 nitrogen and oxygen atoms in total. The fourth-order valence-electron chi connectivity index (χ4n) is 1.28. The molecular formula is C11H14F. The predicted octanol–water partition coefficient (Wildman–Crippen LogP) is 3.25. The molecule has 0 aliphatic carbocycles. The molecule has 0 saturated heterocycles. The molecule has 0 unspecified atom stereocenters. The van der Waals surface area contributed by atoms with Crippen molar-refractivity contribution in [2.45, 2.75) is 32.9 Å². The third kappa shape index (κ3) is 1.84. The van der Waals surface area contributed by atoms with E-state index in [9.17, 15) is 4.39 Å². The number of alkyl halides is 1. The number of hydrogen-bond acceptors (Lipinski definition) is 0. The van der Waals surface area contributed by atoms with Crippen molar-refractivity contribution in [1.29, 1.82) is 0 Å². The molecule has 1 aromatic rings. The highest BCUT2D eigenvalue weighted by molar-refractivity contribution is 5.31. The van der Waals surface area contributed by atoms with E-state index in [1.54, 1.807) is 0 Å². The van der Waals surface area contributed by atoms with Crippen LogP contribution in [0.15, 0.2) is 18.2 Å². The molecule has 12 heavy (non-hydrogen) atoms. The first-order chi connectivity index (χ1) is 5.55. The Kier molecular flexibility index (Phi) is 2.51. The number of benzene rings is 1. The van der Waals surface area contributed by atoms with Crippen LogP contribution in [0.4, 0.5) is 4.39 Å². The van der Waals surface area contributed by atoms with E-state index >= 15 is 0 Å². The summed E-state index contributed by atoms with van der Waals surface area (Å²) in [5.74, 6) is 0. The first kappa shape index (κ1) is 9.24. The molecule has 0 heterocycles. The van der Waals surface area contributed by atoms with Gasteiger partial charge < -0.3 is 0 Å². The zero-order valence-electron chi connectivity index (χ0n) is 7.82. The van der Waals surface area contributed by atoms with Crippen molar-refractivity contribution >= 4 is 0 Å². The van der Waals surface area contributed by atoms with Crippen LogP contribution >= 0.6 is 0 Å². The molecule has 1 heteroatoms. The summed E-state index contributed by atoms with van der Waals surface area (Å²) in [5, 5.41) is 0. The summed E-state index contributed by atoms with van der Waals surface area (Å²) >= 11 is 0. The minimum Gasteiger partial charge on any atom is -0.246 e. The van der Waals surface area contributed by atoms with Crippen LogP contribution in [0.2, 0.25) is 0 Å². The van der Waals surface area contributed by atoms with Gasteiger partial charge >= 0.3 is 0 Å². The van der Waals surface area contributed by atoms with E-state index in [0.29, 0.717) is 0 Å². The SMILES string of the molecule is CC(C)(C)c1[c]cccc1CF. The Morgan fingerprint density at radius 1 is 1.42 bits per heavy atom. The van der Waals surface area contributed by atoms with Crippen molar-refractivity contribution in [3.05, 3.63) is 35.4 Å². The third-order valence-corrected chi connectivity index (χ3v) is 1.84. The Hall–Kier alpha value is -0.850. The van der Waals surface area contributed by atoms with Gasteiger partial charge in [0.1, 0.15) is 6.67 Å². The van der Waals surface area contributed by atoms with E-state index in [0.717, 1.165) is 11.1 Å². The molecule has 1 aromatic carbocycles. The largest absolute Gasteiger partial charge is 0.246 e. The standard InChI is InChI=1S/C11H14F/c1-11(2,3)10-7-5-4-6-9(10)8-12/h4-6H,8H2,1-3H3. The van der Waals surface area contributed by atoms with Crippen LogP contribution in [-0.2, 0) is 12.1 Å². The second-order valence-corrected chi connectivity index (χ2v) is 3.95. The zero-order valence-corrected chi connectivity index (χ0v) is 7.82. The minimum absolute atomic E-state index is 0.0112. The average molecular weight is 165 g/mol. The van der Waals surface area contributed by atoms with Gasteiger partial charge in [-0.25, -0.2) is 4.39 Å². The lowest BCUT2D eigenvalue weighted by atomic mass is 9.84. The van der Waals surface area contributed by atoms with Crippen LogP contribution in [0.1, 0.15) is 31.9 Å². The summed E-state index contributed by atoms with van der Waals surface area (Å²) in [7, 11) is 0. The highest BCUT2D eigenvalue weighted by Gasteiger charge is 2.16. The number of rotatable bonds is 1. The summed E-state index contributed by atoms with van der Waals surface area (Å²) in [6.07, 6.45) is 0. The third-order valence-electron chi connectivity index (χ3n) is 1.84. The summed E-state index contributed by atoms with van der Waals surface area (Å²) in [5.41, 5.74) is 1.72. The van der Waals surface area contributed by atoms with Crippen LogP contribution in [0.3, 0.4) is 0 Å². The normalized spacial score (nSPS) is 11.7. The Morgan fingerprint density at radius 2 is 2.08 bits per heavy atom. The maximum absolute atomic E-state index is 12.5. The average Bonchev–Trinajstić information content (AvgIpc) is 2.03. The van der Waals surface area contributed by atoms with Crippen molar-refractivity contribution in [1.82, 2.24) is 0 Å². The Morgan fingerprint density at radius 3 is 2.50 bits per heavy atom. The van der Waals surface area contributed by atoms with E-state index in [4.69, 9.17) is 0 Å². The topological polar surface area (TPSA) is 0 Å². The Balaban J connectivity index is 3.14. The van der Waals surface area contributed by atoms with Crippen LogP contribution in [-0.4, -0.2) is 0 Å². The molecule has 0 aromatic heterocycles. The van der Waals surface area contributed by atoms with Crippen molar-refractivity contribution in [2.24, 2.45) is 0 Å². The fourth-order valence-corrected chi connectivity index (χ4v) is 1.28. The van der Waals surface area contributed by atoms with E-state index < -0.39 is 6.67 Å². The maximum atomic E-state index is 12.5. The molecule has 1 rings (SSSR count). The fraction of sp³-hybridized carbons (Fsp3) is 0.455. The van der Waals surface area contributed by atoms with Gasteiger partial charge in [0.15, 0.2) is 0 Å². The van der Waals surface area contributed by atoms with Gasteiger partial charge in [0.05, 0.1) is 0 Å². The summed E-state index contributed by atoms with van der Waals surface area (Å²) in [6.45, 7) is 5.80. The van der Waals surface area contributed by atoms with Crippen LogP contribution in [0.5, 0.6) is 0 Å². The Labute approximate surface area is 73.4 Å². The zero-order chi connectivity index (χ0) is 9.19. The van der Waals surface area contributed by atoms with Crippen LogP contribution in [0.25, 0.3) is 0 Å². The molecule has 0 atom stereocenters. The van der Waals surface area contributed by atoms with Crippen LogP contribution in [0, 0.1) is 6.07 Å². The second-order valence-electron chi connectivity index (χ2n) is 3.95. The second kappa shape index (κ2) is 3.26. The lowest BCUT2D eigenvalue weighted by Gasteiger charge is -2.21. The van der Waals surface area contributed by atoms with Crippen molar-refractivity contribution in [3.8, 4) is 0 Å². The molecule has 0 fully saturated rings. The summed E-state index contributed by atoms with van der Waals surface area (Å²) in [4.78, 5) is 0. The summed E-state index contributed by atoms with van der Waals surface area (Å²) in [6, 6.07) is 8.56. The lowest BCUT2D eigenvalue weighted by molar-refractivity contribution is 0.470. The van der Waals surface area contributed by atoms with E-state index in [1.165, 1.54) is 0 Å².